The van der Waals surface area contributed by atoms with Crippen LogP contribution in [-0.2, 0) is 4.74 Å². The molecule has 1 aliphatic rings. The number of nitrogens with zero attached hydrogens (tertiary/aromatic N) is 2. The topological polar surface area (TPSA) is 53.9 Å². The maximum Gasteiger partial charge on any atom is 0.342 e. The molecule has 3 rings (SSSR count). The molecule has 0 radical (unpaired) electrons. The van der Waals surface area contributed by atoms with Crippen LogP contribution in [0.5, 0.6) is 0 Å². The Labute approximate surface area is 168 Å². The monoisotopic (exact) mass is 403 g/mol. The molecule has 1 unspecified atom stereocenters. The summed E-state index contributed by atoms with van der Waals surface area (Å²) in [6.45, 7) is 1.14. The minimum atomic E-state index is -0.238. The molecule has 1 heterocycles. The van der Waals surface area contributed by atoms with Gasteiger partial charge in [-0.15, -0.1) is 11.8 Å². The first kappa shape index (κ1) is 19.7. The zero-order valence-corrected chi connectivity index (χ0v) is 16.9. The lowest BCUT2D eigenvalue weighted by molar-refractivity contribution is 0.180. The first-order chi connectivity index (χ1) is 13.1. The first-order valence-electron chi connectivity index (χ1n) is 8.66. The molecule has 2 aromatic carbocycles. The summed E-state index contributed by atoms with van der Waals surface area (Å²) in [5.74, 6) is 0.121. The smallest absolute Gasteiger partial charge is 0.342 e. The maximum atomic E-state index is 12.7. The van der Waals surface area contributed by atoms with Crippen molar-refractivity contribution in [1.29, 1.82) is 0 Å². The zero-order valence-electron chi connectivity index (χ0n) is 15.3. The molecular formula is C20H22ClN3O2S. The van der Waals surface area contributed by atoms with Gasteiger partial charge in [-0.1, -0.05) is 23.7 Å². The molecule has 27 heavy (non-hydrogen) atoms. The second kappa shape index (κ2) is 9.26. The van der Waals surface area contributed by atoms with Crippen molar-refractivity contribution in [3.05, 3.63) is 59.1 Å². The van der Waals surface area contributed by atoms with E-state index in [1.807, 2.05) is 54.8 Å². The molecule has 1 atom stereocenters. The fourth-order valence-corrected chi connectivity index (χ4v) is 3.47. The van der Waals surface area contributed by atoms with Gasteiger partial charge in [0.1, 0.15) is 0 Å². The number of ether oxygens (including phenoxy) is 1. The fourth-order valence-electron chi connectivity index (χ4n) is 2.94. The molecule has 2 amide bonds. The summed E-state index contributed by atoms with van der Waals surface area (Å²) in [5, 5.41) is 9.67. The van der Waals surface area contributed by atoms with Crippen molar-refractivity contribution < 1.29 is 9.53 Å². The number of halogens is 1. The second-order valence-corrected chi connectivity index (χ2v) is 7.53. The molecule has 0 saturated carbocycles. The number of methoxy groups -OCH3 is 1. The number of rotatable bonds is 6. The average molecular weight is 404 g/mol. The Kier molecular flexibility index (Phi) is 6.77. The number of hydrazone groups is 1. The Balaban J connectivity index is 1.75. The highest BCUT2D eigenvalue weighted by atomic mass is 35.5. The van der Waals surface area contributed by atoms with E-state index in [0.717, 1.165) is 28.3 Å². The highest BCUT2D eigenvalue weighted by Gasteiger charge is 2.30. The van der Waals surface area contributed by atoms with Crippen LogP contribution in [0.3, 0.4) is 0 Å². The number of amides is 2. The number of thioether (sulfide) groups is 1. The van der Waals surface area contributed by atoms with Crippen molar-refractivity contribution in [2.45, 2.75) is 11.3 Å². The molecule has 1 aliphatic heterocycles. The predicted octanol–water partition coefficient (Wildman–Crippen LogP) is 4.97. The highest BCUT2D eigenvalue weighted by molar-refractivity contribution is 7.98. The summed E-state index contributed by atoms with van der Waals surface area (Å²) in [6, 6.07) is 15.1. The summed E-state index contributed by atoms with van der Waals surface area (Å²) < 4.78 is 5.22. The van der Waals surface area contributed by atoms with Crippen LogP contribution < -0.4 is 5.32 Å². The molecule has 5 nitrogen and oxygen atoms in total. The lowest BCUT2D eigenvalue weighted by Gasteiger charge is -2.15. The van der Waals surface area contributed by atoms with Crippen LogP contribution in [0.4, 0.5) is 10.5 Å². The molecule has 2 aromatic rings. The summed E-state index contributed by atoms with van der Waals surface area (Å²) in [4.78, 5) is 13.8. The van der Waals surface area contributed by atoms with E-state index < -0.39 is 0 Å². The van der Waals surface area contributed by atoms with Gasteiger partial charge in [0, 0.05) is 35.2 Å². The summed E-state index contributed by atoms with van der Waals surface area (Å²) in [5.41, 5.74) is 2.61. The van der Waals surface area contributed by atoms with Gasteiger partial charge >= 0.3 is 6.03 Å². The zero-order chi connectivity index (χ0) is 19.2. The van der Waals surface area contributed by atoms with Crippen LogP contribution in [0, 0.1) is 5.92 Å². The van der Waals surface area contributed by atoms with Gasteiger partial charge in [0.2, 0.25) is 0 Å². The molecule has 0 spiro atoms. The SMILES string of the molecule is COCCC1CN(C(=O)Nc2ccc(SC)cc2)N=C1c1ccc(Cl)cc1. The fraction of sp³-hybridized carbons (Fsp3) is 0.300. The number of urea groups is 1. The van der Waals surface area contributed by atoms with E-state index in [1.165, 1.54) is 5.01 Å². The van der Waals surface area contributed by atoms with Crippen molar-refractivity contribution >= 4 is 40.8 Å². The van der Waals surface area contributed by atoms with Gasteiger partial charge < -0.3 is 10.1 Å². The first-order valence-corrected chi connectivity index (χ1v) is 10.3. The number of hydrogen-bond donors (Lipinski definition) is 1. The van der Waals surface area contributed by atoms with Crippen LogP contribution in [0.15, 0.2) is 58.5 Å². The third kappa shape index (κ3) is 5.03. The Morgan fingerprint density at radius 2 is 1.96 bits per heavy atom. The van der Waals surface area contributed by atoms with Crippen LogP contribution in [-0.4, -0.2) is 43.3 Å². The van der Waals surface area contributed by atoms with Crippen LogP contribution >= 0.6 is 23.4 Å². The quantitative estimate of drug-likeness (QED) is 0.693. The molecule has 1 N–H and O–H groups in total. The predicted molar refractivity (Wildman–Crippen MR) is 112 cm³/mol. The van der Waals surface area contributed by atoms with Gasteiger partial charge in [0.05, 0.1) is 12.3 Å². The molecule has 142 valence electrons. The standard InChI is InChI=1S/C20H22ClN3O2S/c1-26-12-11-15-13-24(23-19(15)14-3-5-16(21)6-4-14)20(25)22-17-7-9-18(27-2)10-8-17/h3-10,15H,11-13H2,1-2H3,(H,22,25). The van der Waals surface area contributed by atoms with Gasteiger partial charge in [-0.05, 0) is 54.6 Å². The lowest BCUT2D eigenvalue weighted by Crippen LogP contribution is -2.31. The number of anilines is 1. The number of carbonyl (C=O) groups is 1. The average Bonchev–Trinajstić information content (AvgIpc) is 3.12. The van der Waals surface area contributed by atoms with E-state index in [0.29, 0.717) is 18.2 Å². The third-order valence-electron chi connectivity index (χ3n) is 4.39. The van der Waals surface area contributed by atoms with E-state index in [9.17, 15) is 4.79 Å². The van der Waals surface area contributed by atoms with Gasteiger partial charge in [0.15, 0.2) is 0 Å². The van der Waals surface area contributed by atoms with Gasteiger partial charge in [-0.2, -0.15) is 5.10 Å². The Morgan fingerprint density at radius 3 is 2.59 bits per heavy atom. The van der Waals surface area contributed by atoms with E-state index in [4.69, 9.17) is 16.3 Å². The van der Waals surface area contributed by atoms with Crippen molar-refractivity contribution in [3.63, 3.8) is 0 Å². The van der Waals surface area contributed by atoms with Gasteiger partial charge in [-0.25, -0.2) is 9.80 Å². The van der Waals surface area contributed by atoms with Crippen LogP contribution in [0.2, 0.25) is 5.02 Å². The molecule has 0 aromatic heterocycles. The van der Waals surface area contributed by atoms with E-state index in [2.05, 4.69) is 10.4 Å². The van der Waals surface area contributed by atoms with Gasteiger partial charge in [-0.3, -0.25) is 0 Å². The second-order valence-electron chi connectivity index (χ2n) is 6.21. The largest absolute Gasteiger partial charge is 0.385 e. The number of benzene rings is 2. The highest BCUT2D eigenvalue weighted by Crippen LogP contribution is 2.25. The van der Waals surface area contributed by atoms with E-state index in [-0.39, 0.29) is 11.9 Å². The summed E-state index contributed by atoms with van der Waals surface area (Å²) in [6.07, 6.45) is 2.81. The number of hydrogen-bond acceptors (Lipinski definition) is 4. The Bertz CT molecular complexity index is 809. The summed E-state index contributed by atoms with van der Waals surface area (Å²) in [7, 11) is 1.68. The van der Waals surface area contributed by atoms with Gasteiger partial charge in [0.25, 0.3) is 0 Å². The molecule has 0 saturated heterocycles. The Morgan fingerprint density at radius 1 is 1.26 bits per heavy atom. The molecule has 0 aliphatic carbocycles. The van der Waals surface area contributed by atoms with Crippen molar-refractivity contribution in [2.24, 2.45) is 11.0 Å². The molecule has 0 bridgehead atoms. The lowest BCUT2D eigenvalue weighted by atomic mass is 9.95. The van der Waals surface area contributed by atoms with Crippen LogP contribution in [0.25, 0.3) is 0 Å². The molecule has 7 heteroatoms. The molecular weight excluding hydrogens is 382 g/mol. The maximum absolute atomic E-state index is 12.7. The van der Waals surface area contributed by atoms with E-state index >= 15 is 0 Å². The van der Waals surface area contributed by atoms with Crippen molar-refractivity contribution in [2.75, 3.05) is 31.8 Å². The number of nitrogens with one attached hydrogen (secondary N) is 1. The normalized spacial score (nSPS) is 16.3. The third-order valence-corrected chi connectivity index (χ3v) is 5.39. The molecule has 0 fully saturated rings. The number of carbonyl (C=O) groups excluding carboxylic acids is 1. The van der Waals surface area contributed by atoms with Crippen LogP contribution in [0.1, 0.15) is 12.0 Å². The Hall–Kier alpha value is -2.02. The minimum Gasteiger partial charge on any atom is -0.385 e. The van der Waals surface area contributed by atoms with E-state index in [1.54, 1.807) is 18.9 Å². The summed E-state index contributed by atoms with van der Waals surface area (Å²) >= 11 is 7.66. The van der Waals surface area contributed by atoms with Crippen molar-refractivity contribution in [1.82, 2.24) is 5.01 Å². The van der Waals surface area contributed by atoms with Crippen molar-refractivity contribution in [3.8, 4) is 0 Å². The minimum absolute atomic E-state index is 0.121.